The van der Waals surface area contributed by atoms with E-state index in [0.717, 1.165) is 22.3 Å². The third-order valence-electron chi connectivity index (χ3n) is 4.35. The van der Waals surface area contributed by atoms with Crippen molar-refractivity contribution < 1.29 is 4.52 Å². The van der Waals surface area contributed by atoms with Crippen molar-refractivity contribution in [1.82, 2.24) is 10.1 Å². The minimum absolute atomic E-state index is 0.455. The topological polar surface area (TPSA) is 64.9 Å². The van der Waals surface area contributed by atoms with Crippen molar-refractivity contribution in [2.45, 2.75) is 51.9 Å². The van der Waals surface area contributed by atoms with E-state index < -0.39 is 0 Å². The molecule has 1 aliphatic rings. The molecule has 1 fully saturated rings. The fourth-order valence-electron chi connectivity index (χ4n) is 3.04. The van der Waals surface area contributed by atoms with Crippen LogP contribution in [0.3, 0.4) is 0 Å². The zero-order chi connectivity index (χ0) is 14.1. The molecule has 0 spiro atoms. The lowest BCUT2D eigenvalue weighted by molar-refractivity contribution is 0.305. The Bertz CT molecular complexity index is 582. The van der Waals surface area contributed by atoms with Crippen LogP contribution >= 0.6 is 11.3 Å². The van der Waals surface area contributed by atoms with Gasteiger partial charge in [-0.1, -0.05) is 18.5 Å². The lowest BCUT2D eigenvalue weighted by Crippen LogP contribution is -2.13. The van der Waals surface area contributed by atoms with E-state index in [-0.39, 0.29) is 0 Å². The van der Waals surface area contributed by atoms with Gasteiger partial charge in [-0.15, -0.1) is 11.3 Å². The normalized spacial score (nSPS) is 23.1. The van der Waals surface area contributed by atoms with Gasteiger partial charge in [0.15, 0.2) is 5.82 Å². The minimum atomic E-state index is 0.455. The lowest BCUT2D eigenvalue weighted by atomic mass is 9.80. The van der Waals surface area contributed by atoms with Crippen LogP contribution in [-0.4, -0.2) is 10.1 Å². The Kier molecular flexibility index (Phi) is 3.78. The molecule has 0 amide bonds. The van der Waals surface area contributed by atoms with Crippen molar-refractivity contribution in [2.75, 3.05) is 5.73 Å². The summed E-state index contributed by atoms with van der Waals surface area (Å²) in [6.45, 7) is 4.31. The summed E-state index contributed by atoms with van der Waals surface area (Å²) in [4.78, 5) is 5.75. The van der Waals surface area contributed by atoms with Crippen LogP contribution in [0.4, 0.5) is 5.00 Å². The minimum Gasteiger partial charge on any atom is -0.390 e. The molecule has 0 aromatic carbocycles. The van der Waals surface area contributed by atoms with Gasteiger partial charge in [0.1, 0.15) is 0 Å². The van der Waals surface area contributed by atoms with E-state index in [4.69, 9.17) is 10.3 Å². The summed E-state index contributed by atoms with van der Waals surface area (Å²) in [6.07, 6.45) is 6.20. The average Bonchev–Trinajstić information content (AvgIpc) is 3.05. The van der Waals surface area contributed by atoms with Crippen LogP contribution in [0.5, 0.6) is 0 Å². The van der Waals surface area contributed by atoms with Gasteiger partial charge >= 0.3 is 0 Å². The second kappa shape index (κ2) is 5.56. The van der Waals surface area contributed by atoms with Crippen molar-refractivity contribution in [1.29, 1.82) is 0 Å². The molecule has 0 radical (unpaired) electrons. The Labute approximate surface area is 123 Å². The molecular weight excluding hydrogens is 270 g/mol. The molecule has 20 heavy (non-hydrogen) atoms. The summed E-state index contributed by atoms with van der Waals surface area (Å²) in [7, 11) is 0. The highest BCUT2D eigenvalue weighted by Crippen LogP contribution is 2.37. The molecule has 0 unspecified atom stereocenters. The molecule has 2 aromatic rings. The van der Waals surface area contributed by atoms with E-state index in [9.17, 15) is 0 Å². The van der Waals surface area contributed by atoms with Gasteiger partial charge in [0.2, 0.25) is 0 Å². The summed E-state index contributed by atoms with van der Waals surface area (Å²) in [6, 6.07) is 2.02. The number of aromatic nitrogens is 2. The number of nitrogens with two attached hydrogens (primary N) is 1. The Morgan fingerprint density at radius 2 is 2.10 bits per heavy atom. The third-order valence-corrected chi connectivity index (χ3v) is 5.23. The molecule has 3 rings (SSSR count). The highest BCUT2D eigenvalue weighted by atomic mass is 32.1. The van der Waals surface area contributed by atoms with E-state index in [1.54, 1.807) is 11.3 Å². The zero-order valence-electron chi connectivity index (χ0n) is 12.1. The second-order valence-corrected chi connectivity index (χ2v) is 7.01. The van der Waals surface area contributed by atoms with Crippen molar-refractivity contribution in [3.63, 3.8) is 0 Å². The van der Waals surface area contributed by atoms with Crippen molar-refractivity contribution >= 4 is 16.3 Å². The Hall–Kier alpha value is -1.36. The van der Waals surface area contributed by atoms with Gasteiger partial charge in [0, 0.05) is 10.8 Å². The predicted octanol–water partition coefficient (Wildman–Crippen LogP) is 4.37. The molecule has 5 heteroatoms. The van der Waals surface area contributed by atoms with Gasteiger partial charge in [0.25, 0.3) is 5.89 Å². The summed E-state index contributed by atoms with van der Waals surface area (Å²) < 4.78 is 5.42. The lowest BCUT2D eigenvalue weighted by Gasteiger charge is -2.25. The van der Waals surface area contributed by atoms with Crippen LogP contribution < -0.4 is 5.73 Å². The predicted molar refractivity (Wildman–Crippen MR) is 81.8 cm³/mol. The standard InChI is InChI=1S/C15H21N3OS/c1-3-10-4-6-11(7-5-10)14-17-15(19-18-14)12-8-9(2)20-13(12)16/h8,10-11H,3-7,16H2,1-2H3. The maximum Gasteiger partial charge on any atom is 0.260 e. The number of nitrogen functional groups attached to an aromatic ring is 1. The largest absolute Gasteiger partial charge is 0.390 e. The summed E-state index contributed by atoms with van der Waals surface area (Å²) in [5.41, 5.74) is 6.87. The molecule has 0 bridgehead atoms. The van der Waals surface area contributed by atoms with Gasteiger partial charge in [0.05, 0.1) is 10.6 Å². The molecule has 0 aliphatic heterocycles. The van der Waals surface area contributed by atoms with E-state index in [1.807, 2.05) is 13.0 Å². The third kappa shape index (κ3) is 2.59. The Morgan fingerprint density at radius 3 is 2.70 bits per heavy atom. The first-order chi connectivity index (χ1) is 9.67. The highest BCUT2D eigenvalue weighted by Gasteiger charge is 2.25. The van der Waals surface area contributed by atoms with Gasteiger partial charge in [-0.05, 0) is 44.6 Å². The highest BCUT2D eigenvalue weighted by molar-refractivity contribution is 7.16. The first kappa shape index (κ1) is 13.6. The van der Waals surface area contributed by atoms with Gasteiger partial charge < -0.3 is 10.3 Å². The zero-order valence-corrected chi connectivity index (χ0v) is 12.9. The molecule has 2 N–H and O–H groups in total. The van der Waals surface area contributed by atoms with Crippen molar-refractivity contribution in [3.8, 4) is 11.5 Å². The van der Waals surface area contributed by atoms with Crippen LogP contribution in [0, 0.1) is 12.8 Å². The van der Waals surface area contributed by atoms with Crippen LogP contribution in [0.1, 0.15) is 55.6 Å². The van der Waals surface area contributed by atoms with Crippen molar-refractivity contribution in [3.05, 3.63) is 16.8 Å². The molecule has 0 atom stereocenters. The van der Waals surface area contributed by atoms with Crippen LogP contribution in [0.25, 0.3) is 11.5 Å². The maximum atomic E-state index is 5.99. The molecule has 1 aliphatic carbocycles. The number of rotatable bonds is 3. The number of hydrogen-bond acceptors (Lipinski definition) is 5. The summed E-state index contributed by atoms with van der Waals surface area (Å²) >= 11 is 1.56. The van der Waals surface area contributed by atoms with Gasteiger partial charge in [-0.25, -0.2) is 0 Å². The molecule has 1 saturated carbocycles. The molecular formula is C15H21N3OS. The van der Waals surface area contributed by atoms with E-state index in [0.29, 0.717) is 11.8 Å². The fourth-order valence-corrected chi connectivity index (χ4v) is 3.82. The summed E-state index contributed by atoms with van der Waals surface area (Å²) in [5.74, 6) is 2.77. The molecule has 2 heterocycles. The summed E-state index contributed by atoms with van der Waals surface area (Å²) in [5, 5.41) is 4.94. The van der Waals surface area contributed by atoms with Gasteiger partial charge in [-0.2, -0.15) is 4.98 Å². The average molecular weight is 291 g/mol. The van der Waals surface area contributed by atoms with Gasteiger partial charge in [-0.3, -0.25) is 0 Å². The van der Waals surface area contributed by atoms with Crippen LogP contribution in [0.2, 0.25) is 0 Å². The number of nitrogens with zero attached hydrogens (tertiary/aromatic N) is 2. The molecule has 0 saturated heterocycles. The maximum absolute atomic E-state index is 5.99. The van der Waals surface area contributed by atoms with Crippen LogP contribution in [0.15, 0.2) is 10.6 Å². The Morgan fingerprint density at radius 1 is 1.35 bits per heavy atom. The first-order valence-electron chi connectivity index (χ1n) is 7.37. The number of aryl methyl sites for hydroxylation is 1. The van der Waals surface area contributed by atoms with Crippen LogP contribution in [-0.2, 0) is 0 Å². The smallest absolute Gasteiger partial charge is 0.260 e. The second-order valence-electron chi connectivity index (χ2n) is 5.72. The van der Waals surface area contributed by atoms with E-state index >= 15 is 0 Å². The monoisotopic (exact) mass is 291 g/mol. The number of thiophene rings is 1. The fraction of sp³-hybridized carbons (Fsp3) is 0.600. The molecule has 108 valence electrons. The SMILES string of the molecule is CCC1CCC(c2noc(-c3cc(C)sc3N)n2)CC1. The van der Waals surface area contributed by atoms with Crippen molar-refractivity contribution in [2.24, 2.45) is 5.92 Å². The van der Waals surface area contributed by atoms with E-state index in [1.165, 1.54) is 37.0 Å². The van der Waals surface area contributed by atoms with E-state index in [2.05, 4.69) is 17.1 Å². The Balaban J connectivity index is 1.76. The molecule has 2 aromatic heterocycles. The number of hydrogen-bond donors (Lipinski definition) is 1. The number of anilines is 1. The quantitative estimate of drug-likeness (QED) is 0.911. The molecule has 4 nitrogen and oxygen atoms in total. The first-order valence-corrected chi connectivity index (χ1v) is 8.19.